The molecule has 3 aromatic rings. The molecule has 11 heteroatoms. The highest BCUT2D eigenvalue weighted by atomic mass is 19.4. The van der Waals surface area contributed by atoms with Crippen molar-refractivity contribution < 1.29 is 32.2 Å². The van der Waals surface area contributed by atoms with Gasteiger partial charge in [0.1, 0.15) is 31.4 Å². The summed E-state index contributed by atoms with van der Waals surface area (Å²) in [6.07, 6.45) is 3.52. The van der Waals surface area contributed by atoms with Gasteiger partial charge in [-0.2, -0.15) is 13.2 Å². The Morgan fingerprint density at radius 3 is 2.57 bits per heavy atom. The van der Waals surface area contributed by atoms with Gasteiger partial charge in [-0.05, 0) is 30.5 Å². The number of hydrogen-bond acceptors (Lipinski definition) is 7. The molecule has 0 unspecified atom stereocenters. The standard InChI is InChI=1S/C26H25F3N4O4/c27-26(28,29)15-35-8-9-36-23-7-6-17(11-30-23)25(34)33-19-10-21-20(2-1-3-22(21)37-14-19)18-12-31-24(32-13-18)16-4-5-16/h1-3,6-7,11-13,16,19H,4-5,8-10,14-15H2,(H,33,34)/t19-/m0/s1. The lowest BCUT2D eigenvalue weighted by molar-refractivity contribution is -0.175. The van der Waals surface area contributed by atoms with E-state index in [9.17, 15) is 18.0 Å². The average molecular weight is 515 g/mol. The number of rotatable bonds is 9. The second kappa shape index (κ2) is 10.7. The molecule has 0 saturated heterocycles. The van der Waals surface area contributed by atoms with Gasteiger partial charge in [0.25, 0.3) is 5.91 Å². The number of amides is 1. The summed E-state index contributed by atoms with van der Waals surface area (Å²) in [7, 11) is 0. The second-order valence-electron chi connectivity index (χ2n) is 8.97. The number of carbonyl (C=O) groups excluding carboxylic acids is 1. The molecule has 1 saturated carbocycles. The van der Waals surface area contributed by atoms with E-state index >= 15 is 0 Å². The predicted molar refractivity (Wildman–Crippen MR) is 127 cm³/mol. The van der Waals surface area contributed by atoms with E-state index in [-0.39, 0.29) is 31.0 Å². The highest BCUT2D eigenvalue weighted by Gasteiger charge is 2.28. The molecule has 194 valence electrons. The molecule has 0 spiro atoms. The second-order valence-corrected chi connectivity index (χ2v) is 8.97. The molecule has 1 aliphatic carbocycles. The smallest absolute Gasteiger partial charge is 0.411 e. The third kappa shape index (κ3) is 6.53. The summed E-state index contributed by atoms with van der Waals surface area (Å²) in [5.74, 6) is 2.00. The van der Waals surface area contributed by atoms with Gasteiger partial charge in [-0.15, -0.1) is 0 Å². The summed E-state index contributed by atoms with van der Waals surface area (Å²) in [5.41, 5.74) is 3.18. The number of nitrogens with one attached hydrogen (secondary N) is 1. The van der Waals surface area contributed by atoms with E-state index in [1.54, 1.807) is 0 Å². The Morgan fingerprint density at radius 2 is 1.86 bits per heavy atom. The van der Waals surface area contributed by atoms with Crippen LogP contribution in [0.2, 0.25) is 0 Å². The summed E-state index contributed by atoms with van der Waals surface area (Å²) in [4.78, 5) is 25.9. The van der Waals surface area contributed by atoms with Crippen LogP contribution < -0.4 is 14.8 Å². The van der Waals surface area contributed by atoms with E-state index in [4.69, 9.17) is 9.47 Å². The number of fused-ring (bicyclic) bond motifs is 1. The van der Waals surface area contributed by atoms with Crippen LogP contribution in [0.5, 0.6) is 11.6 Å². The van der Waals surface area contributed by atoms with Crippen molar-refractivity contribution >= 4 is 5.91 Å². The first-order valence-electron chi connectivity index (χ1n) is 12.0. The zero-order valence-electron chi connectivity index (χ0n) is 19.8. The first kappa shape index (κ1) is 24.9. The van der Waals surface area contributed by atoms with Crippen molar-refractivity contribution in [2.24, 2.45) is 0 Å². The molecule has 0 bridgehead atoms. The topological polar surface area (TPSA) is 95.5 Å². The number of alkyl halides is 3. The molecule has 1 fully saturated rings. The monoisotopic (exact) mass is 514 g/mol. The number of carbonyl (C=O) groups is 1. The van der Waals surface area contributed by atoms with Gasteiger partial charge in [0, 0.05) is 48.1 Å². The Kier molecular flexibility index (Phi) is 7.22. The van der Waals surface area contributed by atoms with E-state index < -0.39 is 12.8 Å². The highest BCUT2D eigenvalue weighted by Crippen LogP contribution is 2.39. The number of nitrogens with zero attached hydrogens (tertiary/aromatic N) is 3. The lowest BCUT2D eigenvalue weighted by atomic mass is 9.94. The van der Waals surface area contributed by atoms with Crippen molar-refractivity contribution in [3.8, 4) is 22.8 Å². The van der Waals surface area contributed by atoms with Crippen molar-refractivity contribution in [1.29, 1.82) is 0 Å². The molecule has 37 heavy (non-hydrogen) atoms. The largest absolute Gasteiger partial charge is 0.491 e. The van der Waals surface area contributed by atoms with E-state index in [0.29, 0.717) is 24.5 Å². The molecular weight excluding hydrogens is 489 g/mol. The number of pyridine rings is 1. The van der Waals surface area contributed by atoms with Gasteiger partial charge in [0.15, 0.2) is 0 Å². The minimum atomic E-state index is -4.38. The van der Waals surface area contributed by atoms with Crippen LogP contribution in [-0.2, 0) is 11.2 Å². The Hall–Kier alpha value is -3.73. The highest BCUT2D eigenvalue weighted by molar-refractivity contribution is 5.94. The lowest BCUT2D eigenvalue weighted by Crippen LogP contribution is -2.42. The van der Waals surface area contributed by atoms with E-state index in [0.717, 1.165) is 41.1 Å². The maximum absolute atomic E-state index is 12.8. The quantitative estimate of drug-likeness (QED) is 0.430. The zero-order valence-corrected chi connectivity index (χ0v) is 19.8. The van der Waals surface area contributed by atoms with Crippen LogP contribution >= 0.6 is 0 Å². The van der Waals surface area contributed by atoms with Crippen LogP contribution in [0.3, 0.4) is 0 Å². The molecule has 2 aliphatic rings. The van der Waals surface area contributed by atoms with Gasteiger partial charge in [0.2, 0.25) is 5.88 Å². The van der Waals surface area contributed by atoms with Gasteiger partial charge in [-0.1, -0.05) is 12.1 Å². The first-order valence-corrected chi connectivity index (χ1v) is 12.0. The van der Waals surface area contributed by atoms with Gasteiger partial charge >= 0.3 is 6.18 Å². The van der Waals surface area contributed by atoms with E-state index in [1.807, 2.05) is 30.6 Å². The van der Waals surface area contributed by atoms with Crippen LogP contribution in [-0.4, -0.2) is 59.5 Å². The third-order valence-electron chi connectivity index (χ3n) is 6.03. The molecule has 0 radical (unpaired) electrons. The molecule has 1 aromatic carbocycles. The van der Waals surface area contributed by atoms with Crippen molar-refractivity contribution in [3.05, 3.63) is 65.9 Å². The molecular formula is C26H25F3N4O4. The number of aromatic nitrogens is 3. The minimum absolute atomic E-state index is 0.0931. The summed E-state index contributed by atoms with van der Waals surface area (Å²) in [6, 6.07) is 8.60. The lowest BCUT2D eigenvalue weighted by Gasteiger charge is -2.28. The van der Waals surface area contributed by atoms with E-state index in [1.165, 1.54) is 18.3 Å². The molecule has 5 rings (SSSR count). The first-order chi connectivity index (χ1) is 17.9. The van der Waals surface area contributed by atoms with Gasteiger partial charge in [0.05, 0.1) is 18.2 Å². The van der Waals surface area contributed by atoms with Crippen molar-refractivity contribution in [2.45, 2.75) is 37.4 Å². The van der Waals surface area contributed by atoms with E-state index in [2.05, 4.69) is 25.0 Å². The zero-order chi connectivity index (χ0) is 25.8. The fraction of sp³-hybridized carbons (Fsp3) is 0.385. The predicted octanol–water partition coefficient (Wildman–Crippen LogP) is 4.11. The molecule has 1 aliphatic heterocycles. The summed E-state index contributed by atoms with van der Waals surface area (Å²) < 4.78 is 51.9. The average Bonchev–Trinajstić information content (AvgIpc) is 3.74. The van der Waals surface area contributed by atoms with Gasteiger partial charge in [-0.3, -0.25) is 4.79 Å². The number of halogens is 3. The Balaban J connectivity index is 1.17. The SMILES string of the molecule is O=C(N[C@@H]1COc2cccc(-c3cnc(C4CC4)nc3)c2C1)c1ccc(OCCOCC(F)(F)F)nc1. The molecule has 1 atom stereocenters. The third-order valence-corrected chi connectivity index (χ3v) is 6.03. The molecule has 2 aromatic heterocycles. The molecule has 1 amide bonds. The number of hydrogen-bond donors (Lipinski definition) is 1. The fourth-order valence-corrected chi connectivity index (χ4v) is 4.06. The van der Waals surface area contributed by atoms with Crippen molar-refractivity contribution in [2.75, 3.05) is 26.4 Å². The Labute approximate surface area is 211 Å². The maximum atomic E-state index is 12.8. The minimum Gasteiger partial charge on any atom is -0.491 e. The Morgan fingerprint density at radius 1 is 1.05 bits per heavy atom. The molecule has 1 N–H and O–H groups in total. The van der Waals surface area contributed by atoms with Crippen LogP contribution in [0.25, 0.3) is 11.1 Å². The molecule has 3 heterocycles. The van der Waals surface area contributed by atoms with Crippen LogP contribution in [0, 0.1) is 0 Å². The number of benzene rings is 1. The van der Waals surface area contributed by atoms with Crippen LogP contribution in [0.15, 0.2) is 48.9 Å². The molecule has 8 nitrogen and oxygen atoms in total. The summed E-state index contributed by atoms with van der Waals surface area (Å²) >= 11 is 0. The van der Waals surface area contributed by atoms with Crippen LogP contribution in [0.1, 0.15) is 40.5 Å². The number of ether oxygens (including phenoxy) is 3. The summed E-state index contributed by atoms with van der Waals surface area (Å²) in [6.45, 7) is -1.33. The summed E-state index contributed by atoms with van der Waals surface area (Å²) in [5, 5.41) is 2.98. The van der Waals surface area contributed by atoms with Crippen molar-refractivity contribution in [1.82, 2.24) is 20.3 Å². The normalized spacial score (nSPS) is 17.0. The van der Waals surface area contributed by atoms with Crippen molar-refractivity contribution in [3.63, 3.8) is 0 Å². The maximum Gasteiger partial charge on any atom is 0.411 e. The van der Waals surface area contributed by atoms with Gasteiger partial charge < -0.3 is 19.5 Å². The Bertz CT molecular complexity index is 1230. The van der Waals surface area contributed by atoms with Gasteiger partial charge in [-0.25, -0.2) is 15.0 Å². The fourth-order valence-electron chi connectivity index (χ4n) is 4.06. The van der Waals surface area contributed by atoms with Crippen LogP contribution in [0.4, 0.5) is 13.2 Å².